The number of hydrogen-bond acceptors (Lipinski definition) is 7. The number of thioether (sulfide) groups is 1. The van der Waals surface area contributed by atoms with Crippen molar-refractivity contribution in [2.75, 3.05) is 25.6 Å². The highest BCUT2D eigenvalue weighted by Gasteiger charge is 2.38. The van der Waals surface area contributed by atoms with Crippen LogP contribution in [0.1, 0.15) is 12.8 Å². The SMILES string of the molecule is COCCCN1C(=O)C(CC(=O)Nc2cccc([N+](=O)[O-])c2)SC1=Nc1ccc(Cl)cc1. The fraction of sp³-hybridized carbons (Fsp3) is 0.286. The summed E-state index contributed by atoms with van der Waals surface area (Å²) in [4.78, 5) is 42.0. The fourth-order valence-corrected chi connectivity index (χ4v) is 4.31. The molecule has 1 saturated heterocycles. The van der Waals surface area contributed by atoms with Gasteiger partial charge in [0.15, 0.2) is 5.17 Å². The summed E-state index contributed by atoms with van der Waals surface area (Å²) in [6.07, 6.45) is 0.529. The number of ether oxygens (including phenoxy) is 1. The minimum Gasteiger partial charge on any atom is -0.385 e. The van der Waals surface area contributed by atoms with Gasteiger partial charge in [-0.2, -0.15) is 0 Å². The predicted molar refractivity (Wildman–Crippen MR) is 124 cm³/mol. The van der Waals surface area contributed by atoms with Crippen molar-refractivity contribution in [3.8, 4) is 0 Å². The Morgan fingerprint density at radius 1 is 1.31 bits per heavy atom. The molecule has 1 unspecified atom stereocenters. The Morgan fingerprint density at radius 3 is 2.75 bits per heavy atom. The number of rotatable bonds is 9. The molecule has 0 bridgehead atoms. The van der Waals surface area contributed by atoms with E-state index in [2.05, 4.69) is 10.3 Å². The first-order valence-electron chi connectivity index (χ1n) is 9.73. The average molecular weight is 477 g/mol. The third kappa shape index (κ3) is 6.28. The van der Waals surface area contributed by atoms with Crippen LogP contribution in [0.15, 0.2) is 53.5 Å². The van der Waals surface area contributed by atoms with Gasteiger partial charge in [0.05, 0.1) is 10.6 Å². The number of non-ortho nitro benzene ring substituents is 1. The van der Waals surface area contributed by atoms with Gasteiger partial charge in [-0.05, 0) is 36.8 Å². The van der Waals surface area contributed by atoms with E-state index in [1.807, 2.05) is 0 Å². The minimum atomic E-state index is -0.651. The number of nitrogens with zero attached hydrogens (tertiary/aromatic N) is 3. The van der Waals surface area contributed by atoms with E-state index in [-0.39, 0.29) is 18.0 Å². The second-order valence-electron chi connectivity index (χ2n) is 6.87. The summed E-state index contributed by atoms with van der Waals surface area (Å²) in [6.45, 7) is 0.899. The topological polar surface area (TPSA) is 114 Å². The van der Waals surface area contributed by atoms with Crippen molar-refractivity contribution in [1.82, 2.24) is 4.90 Å². The molecule has 1 N–H and O–H groups in total. The normalized spacial score (nSPS) is 17.1. The molecule has 1 atom stereocenters. The molecule has 1 fully saturated rings. The number of nitro benzene ring substituents is 1. The van der Waals surface area contributed by atoms with Crippen molar-refractivity contribution < 1.29 is 19.2 Å². The molecule has 2 aromatic carbocycles. The predicted octanol–water partition coefficient (Wildman–Crippen LogP) is 4.25. The fourth-order valence-electron chi connectivity index (χ4n) is 3.00. The molecule has 0 saturated carbocycles. The molecule has 0 spiro atoms. The Morgan fingerprint density at radius 2 is 2.06 bits per heavy atom. The number of amides is 2. The molecule has 2 amide bonds. The van der Waals surface area contributed by atoms with E-state index < -0.39 is 16.1 Å². The van der Waals surface area contributed by atoms with Crippen LogP contribution in [0.4, 0.5) is 17.1 Å². The van der Waals surface area contributed by atoms with E-state index in [0.29, 0.717) is 41.1 Å². The Balaban J connectivity index is 1.72. The second-order valence-corrected chi connectivity index (χ2v) is 8.48. The summed E-state index contributed by atoms with van der Waals surface area (Å²) in [5.74, 6) is -0.631. The van der Waals surface area contributed by atoms with Crippen LogP contribution in [0.5, 0.6) is 0 Å². The van der Waals surface area contributed by atoms with Gasteiger partial charge in [-0.25, -0.2) is 4.99 Å². The standard InChI is InChI=1S/C21H21ClN4O5S/c1-31-11-3-10-25-20(28)18(32-21(25)24-15-8-6-14(22)7-9-15)13-19(27)23-16-4-2-5-17(12-16)26(29)30/h2,4-9,12,18H,3,10-11,13H2,1H3,(H,23,27). The zero-order valence-electron chi connectivity index (χ0n) is 17.2. The van der Waals surface area contributed by atoms with Crippen LogP contribution < -0.4 is 5.32 Å². The van der Waals surface area contributed by atoms with Gasteiger partial charge in [-0.1, -0.05) is 29.4 Å². The molecule has 1 aliphatic heterocycles. The molecule has 2 aromatic rings. The molecule has 168 valence electrons. The van der Waals surface area contributed by atoms with Gasteiger partial charge in [0.1, 0.15) is 5.25 Å². The van der Waals surface area contributed by atoms with Crippen LogP contribution >= 0.6 is 23.4 Å². The number of aliphatic imine (C=N–C) groups is 1. The van der Waals surface area contributed by atoms with Crippen LogP contribution in [-0.2, 0) is 14.3 Å². The van der Waals surface area contributed by atoms with Gasteiger partial charge in [-0.3, -0.25) is 24.6 Å². The smallest absolute Gasteiger partial charge is 0.271 e. The van der Waals surface area contributed by atoms with Crippen molar-refractivity contribution in [2.45, 2.75) is 18.1 Å². The van der Waals surface area contributed by atoms with Crippen LogP contribution in [0, 0.1) is 10.1 Å². The summed E-state index contributed by atoms with van der Waals surface area (Å²) < 4.78 is 5.08. The maximum atomic E-state index is 13.0. The zero-order valence-corrected chi connectivity index (χ0v) is 18.8. The van der Waals surface area contributed by atoms with Crippen LogP contribution in [0.25, 0.3) is 0 Å². The van der Waals surface area contributed by atoms with Crippen molar-refractivity contribution in [1.29, 1.82) is 0 Å². The number of nitrogens with one attached hydrogen (secondary N) is 1. The first-order valence-corrected chi connectivity index (χ1v) is 11.0. The van der Waals surface area contributed by atoms with Crippen LogP contribution in [0.3, 0.4) is 0 Å². The summed E-state index contributed by atoms with van der Waals surface area (Å²) >= 11 is 7.14. The number of benzene rings is 2. The lowest BCUT2D eigenvalue weighted by atomic mass is 10.2. The first kappa shape index (κ1) is 23.7. The van der Waals surface area contributed by atoms with Crippen LogP contribution in [-0.4, -0.2) is 52.3 Å². The van der Waals surface area contributed by atoms with E-state index in [1.54, 1.807) is 42.3 Å². The quantitative estimate of drug-likeness (QED) is 0.329. The number of amidine groups is 1. The van der Waals surface area contributed by atoms with Gasteiger partial charge >= 0.3 is 0 Å². The first-order chi connectivity index (χ1) is 15.4. The number of anilines is 1. The number of carbonyl (C=O) groups excluding carboxylic acids is 2. The van der Waals surface area contributed by atoms with Gasteiger partial charge < -0.3 is 10.1 Å². The third-order valence-electron chi connectivity index (χ3n) is 4.51. The van der Waals surface area contributed by atoms with Crippen molar-refractivity contribution >= 4 is 57.4 Å². The van der Waals surface area contributed by atoms with E-state index >= 15 is 0 Å². The van der Waals surface area contributed by atoms with E-state index in [4.69, 9.17) is 16.3 Å². The molecule has 0 aliphatic carbocycles. The van der Waals surface area contributed by atoms with Crippen LogP contribution in [0.2, 0.25) is 5.02 Å². The molecule has 0 radical (unpaired) electrons. The number of halogens is 1. The molecule has 3 rings (SSSR count). The lowest BCUT2D eigenvalue weighted by Gasteiger charge is -2.16. The summed E-state index contributed by atoms with van der Waals surface area (Å²) in [6, 6.07) is 12.6. The van der Waals surface area contributed by atoms with E-state index in [1.165, 1.54) is 30.0 Å². The van der Waals surface area contributed by atoms with Crippen molar-refractivity contribution in [2.24, 2.45) is 4.99 Å². The summed E-state index contributed by atoms with van der Waals surface area (Å²) in [5.41, 5.74) is 0.811. The number of nitro groups is 1. The lowest BCUT2D eigenvalue weighted by molar-refractivity contribution is -0.384. The molecule has 0 aromatic heterocycles. The van der Waals surface area contributed by atoms with Gasteiger partial charge in [0.2, 0.25) is 11.8 Å². The molecular weight excluding hydrogens is 456 g/mol. The maximum absolute atomic E-state index is 13.0. The van der Waals surface area contributed by atoms with Gasteiger partial charge in [0, 0.05) is 49.5 Å². The Kier molecular flexibility index (Phi) is 8.20. The zero-order chi connectivity index (χ0) is 23.1. The third-order valence-corrected chi connectivity index (χ3v) is 5.94. The number of hydrogen-bond donors (Lipinski definition) is 1. The lowest BCUT2D eigenvalue weighted by Crippen LogP contribution is -2.34. The molecular formula is C21H21ClN4O5S. The van der Waals surface area contributed by atoms with Crippen molar-refractivity contribution in [3.05, 3.63) is 63.7 Å². The maximum Gasteiger partial charge on any atom is 0.271 e. The molecule has 1 heterocycles. The highest BCUT2D eigenvalue weighted by atomic mass is 35.5. The molecule has 11 heteroatoms. The Labute approximate surface area is 193 Å². The van der Waals surface area contributed by atoms with Gasteiger partial charge in [-0.15, -0.1) is 0 Å². The number of carbonyl (C=O) groups is 2. The minimum absolute atomic E-state index is 0.0907. The summed E-state index contributed by atoms with van der Waals surface area (Å²) in [5, 5.41) is 14.0. The van der Waals surface area contributed by atoms with Crippen molar-refractivity contribution in [3.63, 3.8) is 0 Å². The number of methoxy groups -OCH3 is 1. The van der Waals surface area contributed by atoms with E-state index in [9.17, 15) is 19.7 Å². The molecule has 9 nitrogen and oxygen atoms in total. The second kappa shape index (κ2) is 11.1. The average Bonchev–Trinajstić information content (AvgIpc) is 3.04. The Hall–Kier alpha value is -2.95. The Bertz CT molecular complexity index is 1030. The highest BCUT2D eigenvalue weighted by Crippen LogP contribution is 2.32. The molecule has 32 heavy (non-hydrogen) atoms. The molecule has 1 aliphatic rings. The summed E-state index contributed by atoms with van der Waals surface area (Å²) in [7, 11) is 1.59. The van der Waals surface area contributed by atoms with E-state index in [0.717, 1.165) is 0 Å². The van der Waals surface area contributed by atoms with Gasteiger partial charge in [0.25, 0.3) is 5.69 Å². The monoisotopic (exact) mass is 476 g/mol. The highest BCUT2D eigenvalue weighted by molar-refractivity contribution is 8.15. The largest absolute Gasteiger partial charge is 0.385 e.